The van der Waals surface area contributed by atoms with Crippen molar-refractivity contribution in [1.29, 1.82) is 0 Å². The number of sulfonamides is 1. The molecule has 10 nitrogen and oxygen atoms in total. The van der Waals surface area contributed by atoms with Gasteiger partial charge in [0, 0.05) is 31.1 Å². The van der Waals surface area contributed by atoms with Gasteiger partial charge in [-0.3, -0.25) is 24.0 Å². The molecule has 2 amide bonds. The Bertz CT molecular complexity index is 1540. The number of nitrogens with one attached hydrogen (secondary N) is 1. The third-order valence-corrected chi connectivity index (χ3v) is 8.97. The fourth-order valence-corrected chi connectivity index (χ4v) is 6.29. The summed E-state index contributed by atoms with van der Waals surface area (Å²) in [6.45, 7) is 1.36. The highest BCUT2D eigenvalue weighted by Crippen LogP contribution is 2.25. The molecule has 0 saturated heterocycles. The first-order valence-corrected chi connectivity index (χ1v) is 16.3. The molecule has 0 bridgehead atoms. The SMILES string of the molecule is Cc1ccccc1CN(C(=O)CN(c1cccc([N+](=O)[O-])c1)S(C)(=O)=O)C(Cc1ccccc1)C(=O)NC1CCCCC1. The lowest BCUT2D eigenvalue weighted by Crippen LogP contribution is -2.55. The summed E-state index contributed by atoms with van der Waals surface area (Å²) >= 11 is 0. The quantitative estimate of drug-likeness (QED) is 0.234. The molecule has 228 valence electrons. The summed E-state index contributed by atoms with van der Waals surface area (Å²) < 4.78 is 26.7. The van der Waals surface area contributed by atoms with Gasteiger partial charge in [-0.2, -0.15) is 0 Å². The minimum atomic E-state index is -4.03. The predicted molar refractivity (Wildman–Crippen MR) is 166 cm³/mol. The highest BCUT2D eigenvalue weighted by molar-refractivity contribution is 7.92. The highest BCUT2D eigenvalue weighted by atomic mass is 32.2. The fourth-order valence-electron chi connectivity index (χ4n) is 5.44. The molecule has 1 N–H and O–H groups in total. The number of benzene rings is 3. The number of hydrogen-bond donors (Lipinski definition) is 1. The third kappa shape index (κ3) is 8.63. The van der Waals surface area contributed by atoms with Gasteiger partial charge in [-0.15, -0.1) is 0 Å². The second kappa shape index (κ2) is 14.3. The van der Waals surface area contributed by atoms with E-state index in [0.29, 0.717) is 0 Å². The molecular formula is C32H38N4O6S. The second-order valence-corrected chi connectivity index (χ2v) is 13.0. The van der Waals surface area contributed by atoms with Gasteiger partial charge < -0.3 is 10.2 Å². The summed E-state index contributed by atoms with van der Waals surface area (Å²) in [5.74, 6) is -0.890. The number of hydrogen-bond acceptors (Lipinski definition) is 6. The molecule has 1 saturated carbocycles. The van der Waals surface area contributed by atoms with E-state index in [-0.39, 0.29) is 36.3 Å². The number of carbonyl (C=O) groups is 2. The Hall–Kier alpha value is -4.25. The van der Waals surface area contributed by atoms with Crippen LogP contribution in [0.1, 0.15) is 48.8 Å². The van der Waals surface area contributed by atoms with Gasteiger partial charge in [0.15, 0.2) is 0 Å². The van der Waals surface area contributed by atoms with Crippen molar-refractivity contribution in [1.82, 2.24) is 10.2 Å². The molecule has 0 aliphatic heterocycles. The number of nitro groups is 1. The second-order valence-electron chi connectivity index (χ2n) is 11.0. The number of carbonyl (C=O) groups excluding carboxylic acids is 2. The Morgan fingerprint density at radius 1 is 0.977 bits per heavy atom. The monoisotopic (exact) mass is 606 g/mol. The van der Waals surface area contributed by atoms with E-state index in [2.05, 4.69) is 5.32 Å². The first-order valence-electron chi connectivity index (χ1n) is 14.4. The van der Waals surface area contributed by atoms with Crippen LogP contribution in [-0.2, 0) is 32.6 Å². The number of amides is 2. The molecule has 0 radical (unpaired) electrons. The topological polar surface area (TPSA) is 130 Å². The van der Waals surface area contributed by atoms with Crippen LogP contribution in [-0.4, -0.2) is 54.9 Å². The maximum Gasteiger partial charge on any atom is 0.271 e. The van der Waals surface area contributed by atoms with Gasteiger partial charge in [0.05, 0.1) is 16.9 Å². The average molecular weight is 607 g/mol. The van der Waals surface area contributed by atoms with Crippen molar-refractivity contribution in [3.8, 4) is 0 Å². The van der Waals surface area contributed by atoms with Crippen LogP contribution in [0.3, 0.4) is 0 Å². The molecule has 11 heteroatoms. The maximum absolute atomic E-state index is 14.2. The highest BCUT2D eigenvalue weighted by Gasteiger charge is 2.34. The van der Waals surface area contributed by atoms with Gasteiger partial charge in [0.2, 0.25) is 21.8 Å². The molecule has 0 heterocycles. The first-order chi connectivity index (χ1) is 20.5. The van der Waals surface area contributed by atoms with E-state index in [9.17, 15) is 28.1 Å². The standard InChI is InChI=1S/C32H38N4O6S/c1-24-12-9-10-15-26(24)22-34(31(37)23-35(43(2,41)42)28-18-11-19-29(21-28)36(39)40)30(20-25-13-5-3-6-14-25)32(38)33-27-16-7-4-8-17-27/h3,5-6,9-15,18-19,21,27,30H,4,7-8,16-17,20,22-23H2,1-2H3,(H,33,38). The smallest absolute Gasteiger partial charge is 0.271 e. The number of non-ortho nitro benzene ring substituents is 1. The van der Waals surface area contributed by atoms with Crippen LogP contribution in [0.4, 0.5) is 11.4 Å². The Morgan fingerprint density at radius 3 is 2.30 bits per heavy atom. The van der Waals surface area contributed by atoms with Crippen molar-refractivity contribution in [2.24, 2.45) is 0 Å². The number of nitro benzene ring substituents is 1. The van der Waals surface area contributed by atoms with E-state index in [0.717, 1.165) is 65.4 Å². The van der Waals surface area contributed by atoms with Crippen molar-refractivity contribution in [3.63, 3.8) is 0 Å². The zero-order chi connectivity index (χ0) is 31.0. The number of anilines is 1. The molecular weight excluding hydrogens is 568 g/mol. The molecule has 0 spiro atoms. The maximum atomic E-state index is 14.2. The van der Waals surface area contributed by atoms with Crippen molar-refractivity contribution < 1.29 is 22.9 Å². The summed E-state index contributed by atoms with van der Waals surface area (Å²) in [6.07, 6.45) is 6.07. The molecule has 3 aromatic carbocycles. The zero-order valence-electron chi connectivity index (χ0n) is 24.5. The van der Waals surface area contributed by atoms with E-state index in [1.54, 1.807) is 0 Å². The van der Waals surface area contributed by atoms with Crippen LogP contribution < -0.4 is 9.62 Å². The normalized spacial score (nSPS) is 14.5. The Kier molecular flexibility index (Phi) is 10.5. The Morgan fingerprint density at radius 2 is 1.65 bits per heavy atom. The molecule has 1 unspecified atom stereocenters. The van der Waals surface area contributed by atoms with Gasteiger partial charge in [-0.05, 0) is 42.5 Å². The van der Waals surface area contributed by atoms with E-state index >= 15 is 0 Å². The lowest BCUT2D eigenvalue weighted by Gasteiger charge is -2.35. The number of rotatable bonds is 12. The largest absolute Gasteiger partial charge is 0.352 e. The minimum absolute atomic E-state index is 0.00678. The molecule has 1 aliphatic rings. The number of aryl methyl sites for hydroxylation is 1. The summed E-state index contributed by atoms with van der Waals surface area (Å²) in [4.78, 5) is 40.5. The summed E-state index contributed by atoms with van der Waals surface area (Å²) in [5.41, 5.74) is 2.29. The van der Waals surface area contributed by atoms with Gasteiger partial charge in [-0.25, -0.2) is 8.42 Å². The van der Waals surface area contributed by atoms with E-state index < -0.39 is 33.4 Å². The molecule has 1 aliphatic carbocycles. The summed E-state index contributed by atoms with van der Waals surface area (Å²) in [5, 5.41) is 14.6. The molecule has 0 aromatic heterocycles. The van der Waals surface area contributed by atoms with E-state index in [1.165, 1.54) is 23.1 Å². The zero-order valence-corrected chi connectivity index (χ0v) is 25.3. The van der Waals surface area contributed by atoms with Crippen molar-refractivity contribution >= 4 is 33.2 Å². The van der Waals surface area contributed by atoms with Crippen molar-refractivity contribution in [2.45, 2.75) is 64.1 Å². The van der Waals surface area contributed by atoms with Crippen LogP contribution >= 0.6 is 0 Å². The van der Waals surface area contributed by atoms with Gasteiger partial charge in [0.25, 0.3) is 5.69 Å². The molecule has 43 heavy (non-hydrogen) atoms. The van der Waals surface area contributed by atoms with Gasteiger partial charge in [-0.1, -0.05) is 79.9 Å². The first kappa shape index (κ1) is 31.7. The van der Waals surface area contributed by atoms with Crippen LogP contribution in [0.25, 0.3) is 0 Å². The molecule has 1 atom stereocenters. The lowest BCUT2D eigenvalue weighted by molar-refractivity contribution is -0.384. The van der Waals surface area contributed by atoms with Crippen LogP contribution in [0.2, 0.25) is 0 Å². The molecule has 1 fully saturated rings. The predicted octanol–water partition coefficient (Wildman–Crippen LogP) is 4.76. The average Bonchev–Trinajstić information content (AvgIpc) is 2.99. The van der Waals surface area contributed by atoms with E-state index in [4.69, 9.17) is 0 Å². The summed E-state index contributed by atoms with van der Waals surface area (Å²) in [7, 11) is -4.03. The van der Waals surface area contributed by atoms with Crippen LogP contribution in [0.15, 0.2) is 78.9 Å². The van der Waals surface area contributed by atoms with Gasteiger partial charge in [0.1, 0.15) is 12.6 Å². The lowest BCUT2D eigenvalue weighted by atomic mass is 9.94. The Labute approximate surface area is 252 Å². The summed E-state index contributed by atoms with van der Waals surface area (Å²) in [6, 6.07) is 21.2. The number of nitrogens with zero attached hydrogens (tertiary/aromatic N) is 3. The third-order valence-electron chi connectivity index (χ3n) is 7.83. The van der Waals surface area contributed by atoms with Gasteiger partial charge >= 0.3 is 0 Å². The minimum Gasteiger partial charge on any atom is -0.352 e. The van der Waals surface area contributed by atoms with Crippen molar-refractivity contribution in [3.05, 3.63) is 106 Å². The molecule has 4 rings (SSSR count). The molecule has 3 aromatic rings. The fraction of sp³-hybridized carbons (Fsp3) is 0.375. The van der Waals surface area contributed by atoms with E-state index in [1.807, 2.05) is 61.5 Å². The van der Waals surface area contributed by atoms with Crippen molar-refractivity contribution in [2.75, 3.05) is 17.1 Å². The van der Waals surface area contributed by atoms with Crippen LogP contribution in [0.5, 0.6) is 0 Å². The Balaban J connectivity index is 1.74. The van der Waals surface area contributed by atoms with Crippen LogP contribution in [0, 0.1) is 17.0 Å².